The molecule has 1 heterocycles. The first-order valence-corrected chi connectivity index (χ1v) is 7.74. The number of amides is 1. The molecule has 0 saturated carbocycles. The predicted molar refractivity (Wildman–Crippen MR) is 84.4 cm³/mol. The molecule has 0 bridgehead atoms. The summed E-state index contributed by atoms with van der Waals surface area (Å²) in [5.41, 5.74) is 6.17. The molecule has 6 nitrogen and oxygen atoms in total. The Morgan fingerprint density at radius 1 is 1.32 bits per heavy atom. The smallest absolute Gasteiger partial charge is 0.253 e. The Morgan fingerprint density at radius 2 is 2.09 bits per heavy atom. The van der Waals surface area contributed by atoms with Gasteiger partial charge < -0.3 is 25.3 Å². The van der Waals surface area contributed by atoms with Crippen molar-refractivity contribution in [3.8, 4) is 11.5 Å². The standard InChI is InChI=1S/C16H24N2O4/c1-3-20-11-5-7-14(21-4-2)13(9-11)18-16(19)15-8-6-12(10-17)22-15/h5,7,9,12,15H,3-4,6,8,10,17H2,1-2H3,(H,18,19)/t12-,15+/m1/s1. The average molecular weight is 308 g/mol. The van der Waals surface area contributed by atoms with Gasteiger partial charge in [0.2, 0.25) is 0 Å². The van der Waals surface area contributed by atoms with Gasteiger partial charge >= 0.3 is 0 Å². The maximum absolute atomic E-state index is 12.3. The molecule has 0 unspecified atom stereocenters. The van der Waals surface area contributed by atoms with Crippen molar-refractivity contribution >= 4 is 11.6 Å². The van der Waals surface area contributed by atoms with Crippen LogP contribution in [0.4, 0.5) is 5.69 Å². The Labute approximate surface area is 130 Å². The number of carbonyl (C=O) groups excluding carboxylic acids is 1. The third-order valence-corrected chi connectivity index (χ3v) is 3.48. The van der Waals surface area contributed by atoms with E-state index in [1.54, 1.807) is 12.1 Å². The lowest BCUT2D eigenvalue weighted by Gasteiger charge is -2.16. The van der Waals surface area contributed by atoms with Crippen LogP contribution in [-0.2, 0) is 9.53 Å². The molecule has 2 rings (SSSR count). The van der Waals surface area contributed by atoms with Crippen molar-refractivity contribution in [2.45, 2.75) is 38.9 Å². The van der Waals surface area contributed by atoms with Crippen LogP contribution in [0.2, 0.25) is 0 Å². The molecule has 1 fully saturated rings. The summed E-state index contributed by atoms with van der Waals surface area (Å²) in [6.07, 6.45) is 1.00. The number of ether oxygens (including phenoxy) is 3. The lowest BCUT2D eigenvalue weighted by Crippen LogP contribution is -2.30. The Balaban J connectivity index is 2.09. The van der Waals surface area contributed by atoms with Gasteiger partial charge in [0, 0.05) is 12.6 Å². The third kappa shape index (κ3) is 4.11. The fourth-order valence-electron chi connectivity index (χ4n) is 2.43. The van der Waals surface area contributed by atoms with Gasteiger partial charge in [0.1, 0.15) is 17.6 Å². The van der Waals surface area contributed by atoms with Gasteiger partial charge in [-0.3, -0.25) is 4.79 Å². The van der Waals surface area contributed by atoms with Crippen molar-refractivity contribution in [1.82, 2.24) is 0 Å². The zero-order chi connectivity index (χ0) is 15.9. The summed E-state index contributed by atoms with van der Waals surface area (Å²) >= 11 is 0. The number of nitrogens with two attached hydrogens (primary N) is 1. The molecule has 122 valence electrons. The summed E-state index contributed by atoms with van der Waals surface area (Å²) in [4.78, 5) is 12.3. The summed E-state index contributed by atoms with van der Waals surface area (Å²) in [6, 6.07) is 5.38. The molecule has 2 atom stereocenters. The van der Waals surface area contributed by atoms with Gasteiger partial charge in [0.05, 0.1) is 25.0 Å². The second kappa shape index (κ2) is 8.00. The van der Waals surface area contributed by atoms with Crippen molar-refractivity contribution < 1.29 is 19.0 Å². The van der Waals surface area contributed by atoms with E-state index in [1.807, 2.05) is 19.9 Å². The summed E-state index contributed by atoms with van der Waals surface area (Å²) in [5, 5.41) is 2.87. The quantitative estimate of drug-likeness (QED) is 0.804. The largest absolute Gasteiger partial charge is 0.494 e. The highest BCUT2D eigenvalue weighted by Crippen LogP contribution is 2.30. The number of benzene rings is 1. The molecule has 0 radical (unpaired) electrons. The molecular formula is C16H24N2O4. The highest BCUT2D eigenvalue weighted by Gasteiger charge is 2.30. The van der Waals surface area contributed by atoms with Gasteiger partial charge in [-0.1, -0.05) is 0 Å². The minimum absolute atomic E-state index is 0.0307. The molecule has 1 aromatic carbocycles. The van der Waals surface area contributed by atoms with Crippen LogP contribution < -0.4 is 20.5 Å². The summed E-state index contributed by atoms with van der Waals surface area (Å²) in [6.45, 7) is 5.33. The number of rotatable bonds is 7. The van der Waals surface area contributed by atoms with Crippen LogP contribution in [0, 0.1) is 0 Å². The summed E-state index contributed by atoms with van der Waals surface area (Å²) < 4.78 is 16.6. The number of hydrogen-bond acceptors (Lipinski definition) is 5. The van der Waals surface area contributed by atoms with Crippen molar-refractivity contribution in [3.05, 3.63) is 18.2 Å². The van der Waals surface area contributed by atoms with Gasteiger partial charge in [0.15, 0.2) is 0 Å². The van der Waals surface area contributed by atoms with Crippen molar-refractivity contribution in [3.63, 3.8) is 0 Å². The Bertz CT molecular complexity index is 507. The maximum Gasteiger partial charge on any atom is 0.253 e. The lowest BCUT2D eigenvalue weighted by atomic mass is 10.2. The van der Waals surface area contributed by atoms with E-state index < -0.39 is 6.10 Å². The number of carbonyl (C=O) groups is 1. The second-order valence-corrected chi connectivity index (χ2v) is 5.07. The maximum atomic E-state index is 12.3. The molecule has 3 N–H and O–H groups in total. The molecule has 1 saturated heterocycles. The summed E-state index contributed by atoms with van der Waals surface area (Å²) in [5.74, 6) is 1.13. The van der Waals surface area contributed by atoms with Crippen LogP contribution in [-0.4, -0.2) is 37.9 Å². The van der Waals surface area contributed by atoms with E-state index in [4.69, 9.17) is 19.9 Å². The van der Waals surface area contributed by atoms with E-state index >= 15 is 0 Å². The number of hydrogen-bond donors (Lipinski definition) is 2. The van der Waals surface area contributed by atoms with Crippen LogP contribution in [0.3, 0.4) is 0 Å². The van der Waals surface area contributed by atoms with Crippen LogP contribution in [0.25, 0.3) is 0 Å². The van der Waals surface area contributed by atoms with E-state index in [1.165, 1.54) is 0 Å². The second-order valence-electron chi connectivity index (χ2n) is 5.07. The highest BCUT2D eigenvalue weighted by atomic mass is 16.5. The van der Waals surface area contributed by atoms with Gasteiger partial charge in [0.25, 0.3) is 5.91 Å². The first-order valence-electron chi connectivity index (χ1n) is 7.74. The van der Waals surface area contributed by atoms with E-state index in [0.29, 0.717) is 43.4 Å². The number of nitrogens with one attached hydrogen (secondary N) is 1. The molecule has 1 aromatic rings. The monoisotopic (exact) mass is 308 g/mol. The van der Waals surface area contributed by atoms with Crippen LogP contribution >= 0.6 is 0 Å². The van der Waals surface area contributed by atoms with Crippen molar-refractivity contribution in [1.29, 1.82) is 0 Å². The lowest BCUT2D eigenvalue weighted by molar-refractivity contribution is -0.126. The minimum atomic E-state index is -0.459. The zero-order valence-electron chi connectivity index (χ0n) is 13.1. The Hall–Kier alpha value is -1.79. The van der Waals surface area contributed by atoms with E-state index in [0.717, 1.165) is 6.42 Å². The van der Waals surface area contributed by atoms with Crippen LogP contribution in [0.1, 0.15) is 26.7 Å². The molecule has 0 spiro atoms. The molecule has 1 aliphatic heterocycles. The first kappa shape index (κ1) is 16.6. The van der Waals surface area contributed by atoms with Gasteiger partial charge in [-0.2, -0.15) is 0 Å². The van der Waals surface area contributed by atoms with E-state index in [-0.39, 0.29) is 12.0 Å². The summed E-state index contributed by atoms with van der Waals surface area (Å²) in [7, 11) is 0. The molecule has 6 heteroatoms. The SMILES string of the molecule is CCOc1ccc(OCC)c(NC(=O)[C@@H]2CC[C@H](CN)O2)c1. The van der Waals surface area contributed by atoms with E-state index in [9.17, 15) is 4.79 Å². The normalized spacial score (nSPS) is 20.7. The minimum Gasteiger partial charge on any atom is -0.494 e. The Kier molecular flexibility index (Phi) is 6.03. The van der Waals surface area contributed by atoms with Crippen molar-refractivity contribution in [2.24, 2.45) is 5.73 Å². The van der Waals surface area contributed by atoms with Gasteiger partial charge in [-0.25, -0.2) is 0 Å². The average Bonchev–Trinajstić information content (AvgIpc) is 2.99. The molecule has 0 aromatic heterocycles. The third-order valence-electron chi connectivity index (χ3n) is 3.48. The highest BCUT2D eigenvalue weighted by molar-refractivity contribution is 5.95. The zero-order valence-corrected chi connectivity index (χ0v) is 13.1. The molecular weight excluding hydrogens is 284 g/mol. The topological polar surface area (TPSA) is 82.8 Å². The first-order chi connectivity index (χ1) is 10.7. The fourth-order valence-corrected chi connectivity index (χ4v) is 2.43. The molecule has 22 heavy (non-hydrogen) atoms. The fraction of sp³-hybridized carbons (Fsp3) is 0.562. The number of anilines is 1. The van der Waals surface area contributed by atoms with Crippen molar-refractivity contribution in [2.75, 3.05) is 25.1 Å². The van der Waals surface area contributed by atoms with Crippen LogP contribution in [0.5, 0.6) is 11.5 Å². The van der Waals surface area contributed by atoms with Gasteiger partial charge in [-0.05, 0) is 38.8 Å². The predicted octanol–water partition coefficient (Wildman–Crippen LogP) is 1.93. The van der Waals surface area contributed by atoms with Crippen LogP contribution in [0.15, 0.2) is 18.2 Å². The molecule has 1 amide bonds. The molecule has 0 aliphatic carbocycles. The Morgan fingerprint density at radius 3 is 2.73 bits per heavy atom. The molecule has 1 aliphatic rings. The van der Waals surface area contributed by atoms with Gasteiger partial charge in [-0.15, -0.1) is 0 Å². The van der Waals surface area contributed by atoms with E-state index in [2.05, 4.69) is 5.32 Å².